The molecule has 0 bridgehead atoms. The third kappa shape index (κ3) is 23.6. The average Bonchev–Trinajstić information content (AvgIpc) is 2.00. The van der Waals surface area contributed by atoms with Gasteiger partial charge in [-0.25, -0.2) is 9.59 Å². The van der Waals surface area contributed by atoms with Gasteiger partial charge < -0.3 is 34.3 Å². The van der Waals surface area contributed by atoms with Gasteiger partial charge in [0, 0.05) is 0 Å². The van der Waals surface area contributed by atoms with Crippen molar-refractivity contribution in [3.8, 4) is 0 Å². The molecule has 9 nitrogen and oxygen atoms in total. The standard InChI is InChI=1S/C4H6O6.K.2Na.H2O3Si.3H/c5-1(3(7)8)2(6)4(9)10;;;;1-4(2)3;;;/h1-2,5-6H,(H,7,8)(H,9,10);;;;1-2H;;;/q;3*+1;;3*-1. The topological polar surface area (TPSA) is 173 Å². The van der Waals surface area contributed by atoms with Gasteiger partial charge >= 0.3 is 132 Å². The van der Waals surface area contributed by atoms with Crippen molar-refractivity contribution in [1.29, 1.82) is 0 Å². The van der Waals surface area contributed by atoms with Gasteiger partial charge in [0.2, 0.25) is 0 Å². The molecule has 0 aliphatic heterocycles. The van der Waals surface area contributed by atoms with Crippen LogP contribution in [-0.4, -0.2) is 63.3 Å². The first-order valence-electron chi connectivity index (χ1n) is 2.93. The Morgan fingerprint density at radius 1 is 0.941 bits per heavy atom. The maximum Gasteiger partial charge on any atom is 1.00 e. The zero-order valence-corrected chi connectivity index (χ0v) is 17.7. The van der Waals surface area contributed by atoms with E-state index in [2.05, 4.69) is 0 Å². The summed E-state index contributed by atoms with van der Waals surface area (Å²) >= 11 is 0. The summed E-state index contributed by atoms with van der Waals surface area (Å²) in [4.78, 5) is 33.9. The largest absolute Gasteiger partial charge is 1.00 e. The van der Waals surface area contributed by atoms with Crippen molar-refractivity contribution in [3.05, 3.63) is 0 Å². The molecule has 0 saturated heterocycles. The monoisotopic (exact) mass is 316 g/mol. The Morgan fingerprint density at radius 2 is 1.06 bits per heavy atom. The molecule has 0 aromatic heterocycles. The van der Waals surface area contributed by atoms with Crippen LogP contribution in [0.3, 0.4) is 0 Å². The minimum atomic E-state index is -3.13. The molecule has 0 aliphatic rings. The molecule has 0 aromatic carbocycles. The molecule has 0 rings (SSSR count). The summed E-state index contributed by atoms with van der Waals surface area (Å²) in [5.74, 6) is -3.54. The summed E-state index contributed by atoms with van der Waals surface area (Å²) < 4.78 is 8.74. The maximum atomic E-state index is 9.77. The van der Waals surface area contributed by atoms with E-state index in [0.29, 0.717) is 0 Å². The van der Waals surface area contributed by atoms with Crippen LogP contribution < -0.4 is 110 Å². The maximum absolute atomic E-state index is 9.77. The molecule has 0 fully saturated rings. The fraction of sp³-hybridized carbons (Fsp3) is 0.500. The molecule has 13 heteroatoms. The molecule has 6 N–H and O–H groups in total. The molecule has 0 radical (unpaired) electrons. The molecule has 0 aliphatic carbocycles. The summed E-state index contributed by atoms with van der Waals surface area (Å²) in [6, 6.07) is 0. The summed E-state index contributed by atoms with van der Waals surface area (Å²) in [7, 11) is -3.13. The van der Waals surface area contributed by atoms with Crippen LogP contribution in [0.5, 0.6) is 0 Å². The quantitative estimate of drug-likeness (QED) is 0.276. The smallest absolute Gasteiger partial charge is 1.00 e. The van der Waals surface area contributed by atoms with Crippen molar-refractivity contribution >= 4 is 21.1 Å². The Labute approximate surface area is 189 Å². The second-order valence-electron chi connectivity index (χ2n) is 1.85. The van der Waals surface area contributed by atoms with Gasteiger partial charge in [-0.2, -0.15) is 0 Å². The van der Waals surface area contributed by atoms with Gasteiger partial charge in [-0.15, -0.1) is 0 Å². The van der Waals surface area contributed by atoms with E-state index < -0.39 is 33.3 Å². The number of aliphatic hydroxyl groups is 2. The molecule has 0 heterocycles. The van der Waals surface area contributed by atoms with Crippen molar-refractivity contribution < 1.29 is 159 Å². The first-order chi connectivity index (χ1) is 6.20. The van der Waals surface area contributed by atoms with Crippen molar-refractivity contribution in [2.45, 2.75) is 12.2 Å². The molecule has 0 spiro atoms. The molecular weight excluding hydrogens is 305 g/mol. The second-order valence-corrected chi connectivity index (χ2v) is 2.41. The first kappa shape index (κ1) is 31.5. The molecular formula is C4H11KNa2O9Si. The van der Waals surface area contributed by atoms with E-state index in [1.807, 2.05) is 0 Å². The predicted molar refractivity (Wildman–Crippen MR) is 41.5 cm³/mol. The Kier molecular flexibility index (Phi) is 33.5. The fourth-order valence-corrected chi connectivity index (χ4v) is 0.270. The minimum absolute atomic E-state index is 0. The third-order valence-electron chi connectivity index (χ3n) is 0.805. The van der Waals surface area contributed by atoms with Crippen LogP contribution in [0, 0.1) is 0 Å². The number of carboxylic acid groups (broad SMARTS) is 2. The molecule has 88 valence electrons. The van der Waals surface area contributed by atoms with Crippen molar-refractivity contribution in [1.82, 2.24) is 0 Å². The Hall–Kier alpha value is 2.11. The summed E-state index contributed by atoms with van der Waals surface area (Å²) in [5, 5.41) is 32.5. The Bertz CT molecular complexity index is 229. The van der Waals surface area contributed by atoms with E-state index in [0.717, 1.165) is 0 Å². The average molecular weight is 316 g/mol. The normalized spacial score (nSPS) is 10.7. The SMILES string of the molecule is O=C(O)C(O)C(O)C(=O)O.O=[Si](O)O.[H-].[H-].[H-].[K+].[Na+].[Na+]. The number of hydrogen-bond donors (Lipinski definition) is 6. The zero-order valence-electron chi connectivity index (χ0n) is 12.6. The van der Waals surface area contributed by atoms with E-state index in [1.165, 1.54) is 0 Å². The number of hydrogen-bond acceptors (Lipinski definition) is 5. The van der Waals surface area contributed by atoms with Crippen LogP contribution >= 0.6 is 0 Å². The van der Waals surface area contributed by atoms with E-state index in [9.17, 15) is 9.59 Å². The van der Waals surface area contributed by atoms with E-state index in [-0.39, 0.29) is 115 Å². The number of carboxylic acids is 2. The zero-order chi connectivity index (χ0) is 11.9. The number of aliphatic hydroxyl groups excluding tert-OH is 2. The summed E-state index contributed by atoms with van der Waals surface area (Å²) in [5.41, 5.74) is 0. The molecule has 0 aromatic rings. The van der Waals surface area contributed by atoms with Gasteiger partial charge in [-0.1, -0.05) is 0 Å². The van der Waals surface area contributed by atoms with Crippen molar-refractivity contribution in [3.63, 3.8) is 0 Å². The number of rotatable bonds is 3. The van der Waals surface area contributed by atoms with Gasteiger partial charge in [-0.05, 0) is 0 Å². The second kappa shape index (κ2) is 18.1. The van der Waals surface area contributed by atoms with Crippen LogP contribution in [0.2, 0.25) is 0 Å². The van der Waals surface area contributed by atoms with Crippen LogP contribution in [0.1, 0.15) is 4.28 Å². The third-order valence-corrected chi connectivity index (χ3v) is 0.805. The minimum Gasteiger partial charge on any atom is -1.00 e. The molecule has 2 atom stereocenters. The van der Waals surface area contributed by atoms with Gasteiger partial charge in [0.15, 0.2) is 12.2 Å². The van der Waals surface area contributed by atoms with Crippen LogP contribution in [0.4, 0.5) is 0 Å². The Balaban J connectivity index is -0.0000000217. The molecule has 0 saturated carbocycles. The molecule has 2 unspecified atom stereocenters. The van der Waals surface area contributed by atoms with Gasteiger partial charge in [0.05, 0.1) is 0 Å². The summed E-state index contributed by atoms with van der Waals surface area (Å²) in [6.45, 7) is 0. The van der Waals surface area contributed by atoms with E-state index in [1.54, 1.807) is 0 Å². The number of carbonyl (C=O) groups is 2. The van der Waals surface area contributed by atoms with Crippen LogP contribution in [-0.2, 0) is 14.1 Å². The van der Waals surface area contributed by atoms with Gasteiger partial charge in [0.1, 0.15) is 0 Å². The van der Waals surface area contributed by atoms with Crippen LogP contribution in [0.15, 0.2) is 0 Å². The molecule has 0 amide bonds. The van der Waals surface area contributed by atoms with Gasteiger partial charge in [0.25, 0.3) is 0 Å². The van der Waals surface area contributed by atoms with Crippen molar-refractivity contribution in [2.75, 3.05) is 0 Å². The summed E-state index contributed by atoms with van der Waals surface area (Å²) in [6.07, 6.45) is -4.53. The fourth-order valence-electron chi connectivity index (χ4n) is 0.270. The first-order valence-corrected chi connectivity index (χ1v) is 4.24. The van der Waals surface area contributed by atoms with E-state index >= 15 is 0 Å². The van der Waals surface area contributed by atoms with Crippen LogP contribution in [0.25, 0.3) is 0 Å². The molecule has 17 heavy (non-hydrogen) atoms. The predicted octanol–water partition coefficient (Wildman–Crippen LogP) is -12.4. The Morgan fingerprint density at radius 3 is 1.12 bits per heavy atom. The van der Waals surface area contributed by atoms with Crippen molar-refractivity contribution in [2.24, 2.45) is 0 Å². The number of aliphatic carboxylic acids is 2. The van der Waals surface area contributed by atoms with Gasteiger partial charge in [-0.3, -0.25) is 4.46 Å². The van der Waals surface area contributed by atoms with E-state index in [4.69, 9.17) is 34.5 Å².